The molecule has 0 spiro atoms. The lowest BCUT2D eigenvalue weighted by molar-refractivity contribution is -0.131. The van der Waals surface area contributed by atoms with E-state index in [-0.39, 0.29) is 16.7 Å². The summed E-state index contributed by atoms with van der Waals surface area (Å²) in [6.45, 7) is 6.94. The molecule has 0 radical (unpaired) electrons. The van der Waals surface area contributed by atoms with E-state index in [0.717, 1.165) is 47.3 Å². The summed E-state index contributed by atoms with van der Waals surface area (Å²) in [4.78, 5) is 16.7. The summed E-state index contributed by atoms with van der Waals surface area (Å²) in [5, 5.41) is 4.33. The van der Waals surface area contributed by atoms with Crippen LogP contribution >= 0.6 is 11.3 Å². The Morgan fingerprint density at radius 3 is 2.51 bits per heavy atom. The zero-order valence-electron chi connectivity index (χ0n) is 21.2. The number of esters is 1. The van der Waals surface area contributed by atoms with Crippen molar-refractivity contribution in [2.24, 2.45) is 5.92 Å². The normalized spacial score (nSPS) is 15.1. The first-order chi connectivity index (χ1) is 17.7. The van der Waals surface area contributed by atoms with Crippen molar-refractivity contribution in [2.45, 2.75) is 44.6 Å². The monoisotopic (exact) mass is 545 g/mol. The molecule has 1 saturated heterocycles. The Balaban J connectivity index is 1.57. The molecule has 9 nitrogen and oxygen atoms in total. The maximum atomic E-state index is 13.3. The molecular weight excluding hydrogens is 514 g/mol. The van der Waals surface area contributed by atoms with Gasteiger partial charge in [-0.25, -0.2) is 13.4 Å². The molecule has 1 aliphatic heterocycles. The molecule has 1 aromatic heterocycles. The Kier molecular flexibility index (Phi) is 8.35. The number of aromatic nitrogens is 1. The maximum Gasteiger partial charge on any atom is 0.308 e. The third kappa shape index (κ3) is 6.60. The van der Waals surface area contributed by atoms with Crippen LogP contribution in [0.3, 0.4) is 0 Å². The number of nitrogens with zero attached hydrogens (tertiary/aromatic N) is 1. The Labute approximate surface area is 221 Å². The van der Waals surface area contributed by atoms with Gasteiger partial charge in [-0.3, -0.25) is 9.52 Å². The average Bonchev–Trinajstić information content (AvgIpc) is 3.24. The van der Waals surface area contributed by atoms with Gasteiger partial charge in [0.05, 0.1) is 17.7 Å². The van der Waals surface area contributed by atoms with Crippen LogP contribution in [0.25, 0.3) is 10.4 Å². The van der Waals surface area contributed by atoms with Crippen LogP contribution in [0.15, 0.2) is 47.4 Å². The highest BCUT2D eigenvalue weighted by molar-refractivity contribution is 7.92. The summed E-state index contributed by atoms with van der Waals surface area (Å²) in [5.74, 6) is 0.616. The maximum absolute atomic E-state index is 13.3. The lowest BCUT2D eigenvalue weighted by Gasteiger charge is -2.28. The van der Waals surface area contributed by atoms with Crippen LogP contribution < -0.4 is 19.5 Å². The van der Waals surface area contributed by atoms with Crippen molar-refractivity contribution in [2.75, 3.05) is 30.4 Å². The summed E-state index contributed by atoms with van der Waals surface area (Å²) < 4.78 is 45.1. The van der Waals surface area contributed by atoms with Crippen LogP contribution in [0.4, 0.5) is 10.8 Å². The van der Waals surface area contributed by atoms with E-state index in [1.165, 1.54) is 49.6 Å². The number of benzene rings is 2. The lowest BCUT2D eigenvalue weighted by Crippen LogP contribution is -2.30. The molecule has 2 aromatic carbocycles. The molecule has 37 heavy (non-hydrogen) atoms. The third-order valence-corrected chi connectivity index (χ3v) is 8.74. The van der Waals surface area contributed by atoms with Crippen molar-refractivity contribution in [3.8, 4) is 21.9 Å². The van der Waals surface area contributed by atoms with Gasteiger partial charge in [-0.2, -0.15) is 0 Å². The van der Waals surface area contributed by atoms with Crippen molar-refractivity contribution < 1.29 is 27.4 Å². The molecule has 2 N–H and O–H groups in total. The number of thiazole rings is 1. The van der Waals surface area contributed by atoms with Gasteiger partial charge in [0.1, 0.15) is 16.4 Å². The van der Waals surface area contributed by atoms with Crippen molar-refractivity contribution in [3.05, 3.63) is 48.2 Å². The molecule has 0 aliphatic carbocycles. The summed E-state index contributed by atoms with van der Waals surface area (Å²) in [6, 6.07) is 11.4. The molecule has 11 heteroatoms. The van der Waals surface area contributed by atoms with E-state index in [2.05, 4.69) is 17.0 Å². The Morgan fingerprint density at radius 1 is 1.16 bits per heavy atom. The highest BCUT2D eigenvalue weighted by Gasteiger charge is 2.24. The van der Waals surface area contributed by atoms with Crippen molar-refractivity contribution in [1.29, 1.82) is 0 Å². The summed E-state index contributed by atoms with van der Waals surface area (Å²) in [5.41, 5.74) is 1.87. The lowest BCUT2D eigenvalue weighted by atomic mass is 9.93. The summed E-state index contributed by atoms with van der Waals surface area (Å²) in [7, 11) is -2.56. The van der Waals surface area contributed by atoms with Gasteiger partial charge in [0.25, 0.3) is 10.0 Å². The molecule has 4 rings (SSSR count). The van der Waals surface area contributed by atoms with Crippen LogP contribution in [0.2, 0.25) is 0 Å². The number of hydrogen-bond donors (Lipinski definition) is 2. The van der Waals surface area contributed by atoms with Gasteiger partial charge in [0, 0.05) is 31.9 Å². The standard InChI is InChI=1S/C26H31N3O6S2/c1-16(19-11-13-34-14-12-19)27-26-28-17(2)25(36-26)20-5-10-23(33-4)24(15-20)37(31,32)29-21-6-8-22(9-7-21)35-18(3)30/h5-10,15-16,19,29H,11-14H2,1-4H3,(H,27,28). The van der Waals surface area contributed by atoms with E-state index < -0.39 is 16.0 Å². The largest absolute Gasteiger partial charge is 0.495 e. The zero-order chi connectivity index (χ0) is 26.6. The number of carbonyl (C=O) groups excluding carboxylic acids is 1. The van der Waals surface area contributed by atoms with Gasteiger partial charge < -0.3 is 19.5 Å². The van der Waals surface area contributed by atoms with Gasteiger partial charge in [-0.15, -0.1) is 0 Å². The Bertz CT molecular complexity index is 1350. The van der Waals surface area contributed by atoms with Crippen molar-refractivity contribution in [3.63, 3.8) is 0 Å². The van der Waals surface area contributed by atoms with Crippen LogP contribution in [0.1, 0.15) is 32.4 Å². The number of ether oxygens (including phenoxy) is 3. The number of methoxy groups -OCH3 is 1. The number of carbonyl (C=O) groups is 1. The summed E-state index contributed by atoms with van der Waals surface area (Å²) >= 11 is 1.50. The van der Waals surface area contributed by atoms with E-state index in [0.29, 0.717) is 17.4 Å². The van der Waals surface area contributed by atoms with Gasteiger partial charge >= 0.3 is 5.97 Å². The molecule has 3 aromatic rings. The first kappa shape index (κ1) is 26.9. The number of rotatable bonds is 9. The molecule has 0 bridgehead atoms. The van der Waals surface area contributed by atoms with Gasteiger partial charge in [0.15, 0.2) is 5.13 Å². The van der Waals surface area contributed by atoms with E-state index in [1.807, 2.05) is 13.0 Å². The topological polar surface area (TPSA) is 116 Å². The SMILES string of the molecule is COc1ccc(-c2sc(NC(C)C3CCOCC3)nc2C)cc1S(=O)(=O)Nc1ccc(OC(C)=O)cc1. The van der Waals surface area contributed by atoms with Crippen molar-refractivity contribution >= 4 is 38.1 Å². The Hall–Kier alpha value is -3.15. The molecular formula is C26H31N3O6S2. The molecule has 0 amide bonds. The minimum absolute atomic E-state index is 0.00875. The molecule has 1 atom stereocenters. The number of nitrogens with one attached hydrogen (secondary N) is 2. The van der Waals surface area contributed by atoms with Crippen LogP contribution in [-0.4, -0.2) is 45.7 Å². The average molecular weight is 546 g/mol. The zero-order valence-corrected chi connectivity index (χ0v) is 22.9. The number of hydrogen-bond acceptors (Lipinski definition) is 9. The van der Waals surface area contributed by atoms with E-state index in [9.17, 15) is 13.2 Å². The second-order valence-electron chi connectivity index (χ2n) is 8.91. The predicted molar refractivity (Wildman–Crippen MR) is 144 cm³/mol. The third-order valence-electron chi connectivity index (χ3n) is 6.20. The minimum atomic E-state index is -3.99. The Morgan fingerprint density at radius 2 is 1.86 bits per heavy atom. The fourth-order valence-corrected chi connectivity index (χ4v) is 6.56. The molecule has 1 fully saturated rings. The smallest absolute Gasteiger partial charge is 0.308 e. The second kappa shape index (κ2) is 11.5. The molecule has 1 unspecified atom stereocenters. The van der Waals surface area contributed by atoms with Crippen LogP contribution in [0, 0.1) is 12.8 Å². The van der Waals surface area contributed by atoms with Gasteiger partial charge in [0.2, 0.25) is 0 Å². The quantitative estimate of drug-likeness (QED) is 0.283. The van der Waals surface area contributed by atoms with E-state index in [1.54, 1.807) is 12.1 Å². The fraction of sp³-hybridized carbons (Fsp3) is 0.385. The number of aryl methyl sites for hydroxylation is 1. The van der Waals surface area contributed by atoms with Crippen LogP contribution in [-0.2, 0) is 19.6 Å². The van der Waals surface area contributed by atoms with Gasteiger partial charge in [-0.05, 0) is 80.6 Å². The van der Waals surface area contributed by atoms with Crippen LogP contribution in [0.5, 0.6) is 11.5 Å². The fourth-order valence-electron chi connectivity index (χ4n) is 4.25. The number of anilines is 2. The highest BCUT2D eigenvalue weighted by atomic mass is 32.2. The summed E-state index contributed by atoms with van der Waals surface area (Å²) in [6.07, 6.45) is 2.04. The van der Waals surface area contributed by atoms with E-state index >= 15 is 0 Å². The van der Waals surface area contributed by atoms with E-state index in [4.69, 9.17) is 19.2 Å². The first-order valence-electron chi connectivity index (χ1n) is 12.0. The van der Waals surface area contributed by atoms with Gasteiger partial charge in [-0.1, -0.05) is 11.3 Å². The molecule has 2 heterocycles. The minimum Gasteiger partial charge on any atom is -0.495 e. The second-order valence-corrected chi connectivity index (χ2v) is 11.6. The molecule has 198 valence electrons. The predicted octanol–water partition coefficient (Wildman–Crippen LogP) is 5.08. The molecule has 0 saturated carbocycles. The first-order valence-corrected chi connectivity index (χ1v) is 14.3. The number of sulfonamides is 1. The molecule has 1 aliphatic rings. The van der Waals surface area contributed by atoms with Crippen molar-refractivity contribution in [1.82, 2.24) is 4.98 Å². The highest BCUT2D eigenvalue weighted by Crippen LogP contribution is 2.37.